The summed E-state index contributed by atoms with van der Waals surface area (Å²) < 4.78 is 23.4. The highest BCUT2D eigenvalue weighted by Gasteiger charge is 2.31. The summed E-state index contributed by atoms with van der Waals surface area (Å²) in [4.78, 5) is 28.2. The molecule has 1 saturated heterocycles. The molecule has 3 rings (SSSR count). The van der Waals surface area contributed by atoms with Gasteiger partial charge in [-0.2, -0.15) is 0 Å². The molecule has 9 nitrogen and oxygen atoms in total. The minimum absolute atomic E-state index is 0.0428. The van der Waals surface area contributed by atoms with Gasteiger partial charge in [0, 0.05) is 31.0 Å². The third kappa shape index (κ3) is 4.62. The summed E-state index contributed by atoms with van der Waals surface area (Å²) in [6.07, 6.45) is 0.349. The van der Waals surface area contributed by atoms with Crippen LogP contribution in [-0.2, 0) is 15.5 Å². The van der Waals surface area contributed by atoms with Gasteiger partial charge in [-0.05, 0) is 39.2 Å². The van der Waals surface area contributed by atoms with Crippen molar-refractivity contribution < 1.29 is 23.1 Å². The molecule has 1 aromatic carbocycles. The number of aromatic nitrogens is 1. The highest BCUT2D eigenvalue weighted by atomic mass is 32.2. The van der Waals surface area contributed by atoms with Crippen LogP contribution in [0, 0.1) is 16.0 Å². The van der Waals surface area contributed by atoms with Gasteiger partial charge in [-0.15, -0.1) is 0 Å². The second kappa shape index (κ2) is 7.26. The van der Waals surface area contributed by atoms with E-state index in [1.54, 1.807) is 4.90 Å². The molecule has 0 unspecified atom stereocenters. The van der Waals surface area contributed by atoms with Crippen molar-refractivity contribution in [1.82, 2.24) is 9.88 Å². The van der Waals surface area contributed by atoms with E-state index in [0.29, 0.717) is 29.9 Å². The van der Waals surface area contributed by atoms with Crippen molar-refractivity contribution in [3.05, 3.63) is 28.3 Å². The Bertz CT molecular complexity index is 904. The third-order valence-electron chi connectivity index (χ3n) is 4.08. The Kier molecular flexibility index (Phi) is 5.18. The van der Waals surface area contributed by atoms with Crippen molar-refractivity contribution in [3.8, 4) is 0 Å². The zero-order valence-electron chi connectivity index (χ0n) is 15.3. The lowest BCUT2D eigenvalue weighted by molar-refractivity contribution is -0.384. The molecule has 1 aromatic heterocycles. The number of nitrogens with zero attached hydrogens (tertiary/aromatic N) is 3. The summed E-state index contributed by atoms with van der Waals surface area (Å²) in [5.74, 6) is 0.344. The second-order valence-electron chi connectivity index (χ2n) is 7.48. The first-order valence-corrected chi connectivity index (χ1v) is 9.85. The number of non-ortho nitro benzene ring substituents is 1. The molecule has 10 heteroatoms. The van der Waals surface area contributed by atoms with E-state index < -0.39 is 21.3 Å². The Balaban J connectivity index is 1.63. The van der Waals surface area contributed by atoms with E-state index in [-0.39, 0.29) is 22.9 Å². The number of nitro groups is 1. The highest BCUT2D eigenvalue weighted by molar-refractivity contribution is 7.84. The van der Waals surface area contributed by atoms with Gasteiger partial charge in [-0.1, -0.05) is 0 Å². The van der Waals surface area contributed by atoms with Crippen LogP contribution in [0.5, 0.6) is 0 Å². The van der Waals surface area contributed by atoms with Crippen LogP contribution in [0.25, 0.3) is 11.1 Å². The van der Waals surface area contributed by atoms with Gasteiger partial charge in [0.2, 0.25) is 0 Å². The Labute approximate surface area is 158 Å². The molecule has 27 heavy (non-hydrogen) atoms. The summed E-state index contributed by atoms with van der Waals surface area (Å²) in [6, 6.07) is 4.05. The van der Waals surface area contributed by atoms with Crippen LogP contribution in [0.15, 0.2) is 27.8 Å². The van der Waals surface area contributed by atoms with Crippen molar-refractivity contribution in [2.75, 3.05) is 18.8 Å². The van der Waals surface area contributed by atoms with E-state index >= 15 is 0 Å². The molecule has 0 aliphatic carbocycles. The van der Waals surface area contributed by atoms with Crippen LogP contribution < -0.4 is 0 Å². The first-order valence-electron chi connectivity index (χ1n) is 8.53. The molecule has 0 saturated carbocycles. The lowest BCUT2D eigenvalue weighted by Crippen LogP contribution is -2.35. The predicted molar refractivity (Wildman–Crippen MR) is 97.9 cm³/mol. The first-order chi connectivity index (χ1) is 12.6. The molecule has 1 aliphatic heterocycles. The summed E-state index contributed by atoms with van der Waals surface area (Å²) in [6.45, 7) is 6.45. The number of hydrogen-bond acceptors (Lipinski definition) is 7. The smallest absolute Gasteiger partial charge is 0.410 e. The molecular formula is C17H21N3O6S. The minimum Gasteiger partial charge on any atom is -0.444 e. The van der Waals surface area contributed by atoms with Gasteiger partial charge < -0.3 is 14.1 Å². The SMILES string of the molecule is CC(C)(C)OC(=O)N1CC[C@H](C[S@@](=O)c2nc3cc([N+](=O)[O-])ccc3o2)C1. The van der Waals surface area contributed by atoms with E-state index in [1.807, 2.05) is 20.8 Å². The Morgan fingerprint density at radius 3 is 2.89 bits per heavy atom. The molecule has 1 aliphatic rings. The first kappa shape index (κ1) is 19.3. The quantitative estimate of drug-likeness (QED) is 0.577. The number of nitro benzene ring substituents is 1. The fourth-order valence-electron chi connectivity index (χ4n) is 2.85. The molecule has 1 amide bonds. The zero-order chi connectivity index (χ0) is 19.8. The number of hydrogen-bond donors (Lipinski definition) is 0. The maximum absolute atomic E-state index is 12.6. The molecule has 0 N–H and O–H groups in total. The predicted octanol–water partition coefficient (Wildman–Crippen LogP) is 3.10. The van der Waals surface area contributed by atoms with E-state index in [2.05, 4.69) is 4.98 Å². The number of benzene rings is 1. The molecule has 0 spiro atoms. The van der Waals surface area contributed by atoms with E-state index in [0.717, 1.165) is 6.42 Å². The number of carbonyl (C=O) groups is 1. The van der Waals surface area contributed by atoms with Crippen LogP contribution in [0.4, 0.5) is 10.5 Å². The van der Waals surface area contributed by atoms with Crippen LogP contribution in [-0.4, -0.2) is 49.6 Å². The van der Waals surface area contributed by atoms with Gasteiger partial charge in [-0.3, -0.25) is 10.1 Å². The van der Waals surface area contributed by atoms with Gasteiger partial charge in [-0.25, -0.2) is 14.0 Å². The number of likely N-dealkylation sites (tertiary alicyclic amines) is 1. The fourth-order valence-corrected chi connectivity index (χ4v) is 4.08. The van der Waals surface area contributed by atoms with Crippen molar-refractivity contribution in [3.63, 3.8) is 0 Å². The highest BCUT2D eigenvalue weighted by Crippen LogP contribution is 2.25. The van der Waals surface area contributed by atoms with Crippen LogP contribution in [0.2, 0.25) is 0 Å². The van der Waals surface area contributed by atoms with Gasteiger partial charge in [0.15, 0.2) is 5.58 Å². The standard InChI is InChI=1S/C17H21N3O6S/c1-17(2,3)26-16(21)19-7-6-11(9-19)10-27(24)15-18-13-8-12(20(22)23)4-5-14(13)25-15/h4-5,8,11H,6-7,9-10H2,1-3H3/t11-,27+/m0/s1. The molecule has 146 valence electrons. The van der Waals surface area contributed by atoms with Crippen molar-refractivity contribution in [1.29, 1.82) is 0 Å². The van der Waals surface area contributed by atoms with Gasteiger partial charge >= 0.3 is 6.09 Å². The summed E-state index contributed by atoms with van der Waals surface area (Å²) in [5, 5.41) is 10.9. The zero-order valence-corrected chi connectivity index (χ0v) is 16.2. The number of ether oxygens (including phenoxy) is 1. The van der Waals surface area contributed by atoms with E-state index in [1.165, 1.54) is 18.2 Å². The minimum atomic E-state index is -1.50. The number of carbonyl (C=O) groups excluding carboxylic acids is 1. The molecule has 2 heterocycles. The Hall–Kier alpha value is -2.49. The normalized spacial score (nSPS) is 18.6. The van der Waals surface area contributed by atoms with Gasteiger partial charge in [0.25, 0.3) is 10.9 Å². The average Bonchev–Trinajstić information content (AvgIpc) is 3.18. The molecule has 2 atom stereocenters. The Morgan fingerprint density at radius 2 is 2.22 bits per heavy atom. The average molecular weight is 395 g/mol. The number of fused-ring (bicyclic) bond motifs is 1. The Morgan fingerprint density at radius 1 is 1.48 bits per heavy atom. The summed E-state index contributed by atoms with van der Waals surface area (Å²) in [5.41, 5.74) is -0.00394. The molecule has 0 radical (unpaired) electrons. The monoisotopic (exact) mass is 395 g/mol. The van der Waals surface area contributed by atoms with E-state index in [4.69, 9.17) is 9.15 Å². The number of oxazole rings is 1. The van der Waals surface area contributed by atoms with Gasteiger partial charge in [0.1, 0.15) is 21.9 Å². The van der Waals surface area contributed by atoms with Crippen molar-refractivity contribution >= 4 is 33.7 Å². The van der Waals surface area contributed by atoms with Crippen LogP contribution >= 0.6 is 0 Å². The van der Waals surface area contributed by atoms with Crippen LogP contribution in [0.1, 0.15) is 27.2 Å². The molecule has 1 fully saturated rings. The maximum atomic E-state index is 12.6. The number of rotatable bonds is 4. The van der Waals surface area contributed by atoms with Crippen molar-refractivity contribution in [2.24, 2.45) is 5.92 Å². The number of amides is 1. The lowest BCUT2D eigenvalue weighted by atomic mass is 10.2. The molecule has 2 aromatic rings. The maximum Gasteiger partial charge on any atom is 0.410 e. The summed E-state index contributed by atoms with van der Waals surface area (Å²) >= 11 is 0. The lowest BCUT2D eigenvalue weighted by Gasteiger charge is -2.24. The molecule has 0 bridgehead atoms. The van der Waals surface area contributed by atoms with E-state index in [9.17, 15) is 19.1 Å². The third-order valence-corrected chi connectivity index (χ3v) is 5.42. The topological polar surface area (TPSA) is 116 Å². The fraction of sp³-hybridized carbons (Fsp3) is 0.529. The largest absolute Gasteiger partial charge is 0.444 e. The second-order valence-corrected chi connectivity index (χ2v) is 8.86. The molecular weight excluding hydrogens is 374 g/mol. The van der Waals surface area contributed by atoms with Gasteiger partial charge in [0.05, 0.1) is 4.92 Å². The van der Waals surface area contributed by atoms with Crippen LogP contribution in [0.3, 0.4) is 0 Å². The summed E-state index contributed by atoms with van der Waals surface area (Å²) in [7, 11) is -1.50. The van der Waals surface area contributed by atoms with Crippen molar-refractivity contribution in [2.45, 2.75) is 38.0 Å².